The third-order valence-electron chi connectivity index (χ3n) is 7.21. The predicted octanol–water partition coefficient (Wildman–Crippen LogP) is 3.09. The number of benzene rings is 2. The first-order chi connectivity index (χ1) is 16.2. The van der Waals surface area contributed by atoms with Gasteiger partial charge < -0.3 is 15.1 Å². The largest absolute Gasteiger partial charge is 0.480 e. The van der Waals surface area contributed by atoms with E-state index in [1.165, 1.54) is 11.0 Å². The van der Waals surface area contributed by atoms with E-state index in [9.17, 15) is 37.8 Å². The zero-order chi connectivity index (χ0) is 24.3. The third kappa shape index (κ3) is 3.35. The van der Waals surface area contributed by atoms with Crippen molar-refractivity contribution in [3.05, 3.63) is 70.5 Å². The Morgan fingerprint density at radius 3 is 2.21 bits per heavy atom. The number of carboxylic acid groups (broad SMARTS) is 1. The van der Waals surface area contributed by atoms with E-state index in [1.54, 1.807) is 18.2 Å². The number of aliphatic hydroxyl groups is 1. The Bertz CT molecular complexity index is 1190. The van der Waals surface area contributed by atoms with Crippen molar-refractivity contribution in [1.29, 1.82) is 0 Å². The second-order valence-electron chi connectivity index (χ2n) is 9.03. The molecule has 2 aromatic carbocycles. The number of nitrogens with zero attached hydrogens (tertiary/aromatic N) is 2. The summed E-state index contributed by atoms with van der Waals surface area (Å²) in [6.07, 6.45) is 0.0652. The fourth-order valence-electron chi connectivity index (χ4n) is 5.78. The van der Waals surface area contributed by atoms with E-state index in [2.05, 4.69) is 0 Å². The van der Waals surface area contributed by atoms with Gasteiger partial charge in [0.15, 0.2) is 17.9 Å². The standard InChI is InChI=1S/C24H21F3N2O5/c25-17-10-19(27)18(26)9-16(17)23(32)28-12-5-6-13(28)8-11(7-12)20(24(33)34)29-21(30)14-3-1-2-4-15(14)22(29)31/h1-4,9-13,20-21,30H,5-8H2,(H,33,34)/t11?,12?,13?,20-,21?/m0/s1. The zero-order valence-corrected chi connectivity index (χ0v) is 17.8. The second kappa shape index (κ2) is 8.12. The van der Waals surface area contributed by atoms with E-state index in [1.807, 2.05) is 0 Å². The minimum atomic E-state index is -1.40. The Balaban J connectivity index is 1.41. The number of hydrogen-bond donors (Lipinski definition) is 2. The van der Waals surface area contributed by atoms with Gasteiger partial charge in [0.2, 0.25) is 0 Å². The molecule has 0 aromatic heterocycles. The monoisotopic (exact) mass is 474 g/mol. The van der Waals surface area contributed by atoms with Crippen LogP contribution in [0.3, 0.4) is 0 Å². The van der Waals surface area contributed by atoms with E-state index in [0.717, 1.165) is 4.90 Å². The van der Waals surface area contributed by atoms with Crippen molar-refractivity contribution in [3.63, 3.8) is 0 Å². The maximum Gasteiger partial charge on any atom is 0.326 e. The lowest BCUT2D eigenvalue weighted by molar-refractivity contribution is -0.150. The summed E-state index contributed by atoms with van der Waals surface area (Å²) in [5.41, 5.74) is -0.00146. The van der Waals surface area contributed by atoms with Crippen molar-refractivity contribution < 1.29 is 37.8 Å². The Labute approximate surface area is 192 Å². The summed E-state index contributed by atoms with van der Waals surface area (Å²) >= 11 is 0. The van der Waals surface area contributed by atoms with E-state index < -0.39 is 71.1 Å². The Morgan fingerprint density at radius 1 is 0.971 bits per heavy atom. The van der Waals surface area contributed by atoms with E-state index >= 15 is 0 Å². The van der Waals surface area contributed by atoms with Gasteiger partial charge in [-0.05, 0) is 43.7 Å². The highest BCUT2D eigenvalue weighted by atomic mass is 19.2. The molecule has 3 unspecified atom stereocenters. The van der Waals surface area contributed by atoms with Crippen molar-refractivity contribution in [2.45, 2.75) is 50.0 Å². The molecule has 3 heterocycles. The smallest absolute Gasteiger partial charge is 0.326 e. The molecule has 2 saturated heterocycles. The molecular formula is C24H21F3N2O5. The van der Waals surface area contributed by atoms with Gasteiger partial charge in [-0.25, -0.2) is 18.0 Å². The lowest BCUT2D eigenvalue weighted by atomic mass is 9.83. The summed E-state index contributed by atoms with van der Waals surface area (Å²) in [5, 5.41) is 20.8. The average Bonchev–Trinajstić information content (AvgIpc) is 3.21. The summed E-state index contributed by atoms with van der Waals surface area (Å²) in [6.45, 7) is 0. The van der Waals surface area contributed by atoms with Crippen molar-refractivity contribution in [2.24, 2.45) is 5.92 Å². The molecule has 2 fully saturated rings. The summed E-state index contributed by atoms with van der Waals surface area (Å²) in [5.74, 6) is -7.09. The van der Waals surface area contributed by atoms with Gasteiger partial charge in [-0.2, -0.15) is 0 Å². The Kier molecular flexibility index (Phi) is 5.35. The molecule has 0 radical (unpaired) electrons. The van der Waals surface area contributed by atoms with Gasteiger partial charge >= 0.3 is 5.97 Å². The highest BCUT2D eigenvalue weighted by Gasteiger charge is 2.52. The predicted molar refractivity (Wildman–Crippen MR) is 111 cm³/mol. The van der Waals surface area contributed by atoms with Crippen LogP contribution in [0.5, 0.6) is 0 Å². The molecule has 10 heteroatoms. The van der Waals surface area contributed by atoms with Gasteiger partial charge in [-0.15, -0.1) is 0 Å². The van der Waals surface area contributed by atoms with Crippen LogP contribution in [-0.4, -0.2) is 55.9 Å². The number of carbonyl (C=O) groups is 3. The zero-order valence-electron chi connectivity index (χ0n) is 17.8. The van der Waals surface area contributed by atoms with Crippen molar-refractivity contribution in [1.82, 2.24) is 9.80 Å². The molecule has 7 nitrogen and oxygen atoms in total. The molecule has 3 aliphatic rings. The number of aliphatic hydroxyl groups excluding tert-OH is 1. The number of hydrogen-bond acceptors (Lipinski definition) is 4. The van der Waals surface area contributed by atoms with Gasteiger partial charge in [0, 0.05) is 29.3 Å². The number of rotatable bonds is 4. The van der Waals surface area contributed by atoms with Crippen molar-refractivity contribution >= 4 is 17.8 Å². The van der Waals surface area contributed by atoms with Gasteiger partial charge in [0.25, 0.3) is 11.8 Å². The molecule has 0 spiro atoms. The summed E-state index contributed by atoms with van der Waals surface area (Å²) in [7, 11) is 0. The van der Waals surface area contributed by atoms with Crippen LogP contribution >= 0.6 is 0 Å². The van der Waals surface area contributed by atoms with Crippen molar-refractivity contribution in [3.8, 4) is 0 Å². The quantitative estimate of drug-likeness (QED) is 0.664. The van der Waals surface area contributed by atoms with E-state index in [-0.39, 0.29) is 18.4 Å². The van der Waals surface area contributed by atoms with Gasteiger partial charge in [-0.3, -0.25) is 14.5 Å². The number of carbonyl (C=O) groups excluding carboxylic acids is 2. The first-order valence-corrected chi connectivity index (χ1v) is 11.0. The number of halogens is 3. The SMILES string of the molecule is O=C(O)[C@H](C1CC2CCC(C1)N2C(=O)c1cc(F)c(F)cc1F)N1C(=O)c2ccccc2C1O. The first kappa shape index (κ1) is 22.4. The lowest BCUT2D eigenvalue weighted by Gasteiger charge is -2.43. The highest BCUT2D eigenvalue weighted by Crippen LogP contribution is 2.44. The van der Waals surface area contributed by atoms with Gasteiger partial charge in [0.1, 0.15) is 11.9 Å². The van der Waals surface area contributed by atoms with Crippen LogP contribution in [0.15, 0.2) is 36.4 Å². The van der Waals surface area contributed by atoms with Crippen LogP contribution in [0.25, 0.3) is 0 Å². The van der Waals surface area contributed by atoms with Crippen LogP contribution in [0, 0.1) is 23.4 Å². The number of amides is 2. The number of fused-ring (bicyclic) bond motifs is 3. The van der Waals surface area contributed by atoms with Gasteiger partial charge in [-0.1, -0.05) is 18.2 Å². The maximum absolute atomic E-state index is 14.2. The van der Waals surface area contributed by atoms with Gasteiger partial charge in [0.05, 0.1) is 5.56 Å². The summed E-state index contributed by atoms with van der Waals surface area (Å²) in [4.78, 5) is 40.7. The average molecular weight is 474 g/mol. The van der Waals surface area contributed by atoms with Crippen LogP contribution in [-0.2, 0) is 4.79 Å². The normalized spacial score (nSPS) is 26.5. The molecule has 0 aliphatic carbocycles. The molecule has 2 aromatic rings. The van der Waals surface area contributed by atoms with Crippen LogP contribution < -0.4 is 0 Å². The summed E-state index contributed by atoms with van der Waals surface area (Å²) < 4.78 is 41.2. The molecule has 3 aliphatic heterocycles. The topological polar surface area (TPSA) is 98.2 Å². The van der Waals surface area contributed by atoms with Crippen LogP contribution in [0.4, 0.5) is 13.2 Å². The number of piperidine rings is 1. The summed E-state index contributed by atoms with van der Waals surface area (Å²) in [6, 6.07) is 5.01. The number of carboxylic acids is 1. The Morgan fingerprint density at radius 2 is 1.59 bits per heavy atom. The molecule has 5 rings (SSSR count). The molecule has 178 valence electrons. The maximum atomic E-state index is 14.2. The number of aliphatic carboxylic acids is 1. The molecule has 0 saturated carbocycles. The highest BCUT2D eigenvalue weighted by molar-refractivity contribution is 6.01. The fourth-order valence-corrected chi connectivity index (χ4v) is 5.78. The second-order valence-corrected chi connectivity index (χ2v) is 9.03. The molecule has 2 N–H and O–H groups in total. The lowest BCUT2D eigenvalue weighted by Crippen LogP contribution is -2.54. The molecule has 34 heavy (non-hydrogen) atoms. The third-order valence-corrected chi connectivity index (χ3v) is 7.21. The molecule has 2 amide bonds. The van der Waals surface area contributed by atoms with E-state index in [0.29, 0.717) is 30.5 Å². The molecule has 4 atom stereocenters. The van der Waals surface area contributed by atoms with E-state index in [4.69, 9.17) is 0 Å². The molecular weight excluding hydrogens is 453 g/mol. The molecule has 2 bridgehead atoms. The minimum Gasteiger partial charge on any atom is -0.480 e. The first-order valence-electron chi connectivity index (χ1n) is 11.0. The van der Waals surface area contributed by atoms with Crippen molar-refractivity contribution in [2.75, 3.05) is 0 Å². The fraction of sp³-hybridized carbons (Fsp3) is 0.375. The Hall–Kier alpha value is -3.40. The minimum absolute atomic E-state index is 0.206. The van der Waals surface area contributed by atoms with Crippen LogP contribution in [0.1, 0.15) is 58.2 Å². The van der Waals surface area contributed by atoms with Crippen LogP contribution in [0.2, 0.25) is 0 Å².